The SMILES string of the molecule is CCC[C@H](N[S@@](=O)C(C)(C)C)c1ccnc(Br)c1. The number of aromatic nitrogens is 1. The molecule has 0 saturated heterocycles. The molecule has 0 aliphatic carbocycles. The van der Waals surface area contributed by atoms with E-state index in [4.69, 9.17) is 0 Å². The maximum Gasteiger partial charge on any atom is 0.106 e. The van der Waals surface area contributed by atoms with Gasteiger partial charge in [-0.25, -0.2) is 13.9 Å². The molecule has 1 aromatic heterocycles. The van der Waals surface area contributed by atoms with E-state index in [0.29, 0.717) is 0 Å². The number of hydrogen-bond donors (Lipinski definition) is 1. The van der Waals surface area contributed by atoms with Crippen LogP contribution in [0.5, 0.6) is 0 Å². The van der Waals surface area contributed by atoms with Crippen LogP contribution in [0.2, 0.25) is 0 Å². The molecule has 0 aromatic carbocycles. The Hall–Kier alpha value is -0.260. The fourth-order valence-electron chi connectivity index (χ4n) is 1.52. The Balaban J connectivity index is 2.87. The van der Waals surface area contributed by atoms with Crippen molar-refractivity contribution in [2.24, 2.45) is 0 Å². The molecule has 0 fully saturated rings. The summed E-state index contributed by atoms with van der Waals surface area (Å²) in [6.45, 7) is 8.05. The molecular formula is C13H21BrN2OS. The molecule has 1 aromatic rings. The molecule has 18 heavy (non-hydrogen) atoms. The topological polar surface area (TPSA) is 42.0 Å². The molecule has 0 aliphatic rings. The molecule has 102 valence electrons. The summed E-state index contributed by atoms with van der Waals surface area (Å²) in [6.07, 6.45) is 3.76. The average molecular weight is 333 g/mol. The van der Waals surface area contributed by atoms with Crippen molar-refractivity contribution in [3.63, 3.8) is 0 Å². The maximum atomic E-state index is 12.2. The molecule has 0 saturated carbocycles. The first-order valence-electron chi connectivity index (χ1n) is 6.14. The van der Waals surface area contributed by atoms with Gasteiger partial charge in [-0.3, -0.25) is 0 Å². The van der Waals surface area contributed by atoms with E-state index in [2.05, 4.69) is 32.6 Å². The van der Waals surface area contributed by atoms with Crippen LogP contribution in [-0.4, -0.2) is 13.9 Å². The third kappa shape index (κ3) is 4.78. The minimum absolute atomic E-state index is 0.106. The summed E-state index contributed by atoms with van der Waals surface area (Å²) in [5.74, 6) is 0. The standard InChI is InChI=1S/C13H21BrN2OS/c1-5-6-11(16-18(17)13(2,3)4)10-7-8-15-12(14)9-10/h7-9,11,16H,5-6H2,1-4H3/t11-,18-/m0/s1. The maximum absolute atomic E-state index is 12.2. The van der Waals surface area contributed by atoms with E-state index in [-0.39, 0.29) is 10.8 Å². The number of halogens is 1. The van der Waals surface area contributed by atoms with Crippen molar-refractivity contribution in [2.45, 2.75) is 51.3 Å². The van der Waals surface area contributed by atoms with E-state index in [1.165, 1.54) is 0 Å². The van der Waals surface area contributed by atoms with Gasteiger partial charge < -0.3 is 0 Å². The molecule has 1 N–H and O–H groups in total. The summed E-state index contributed by atoms with van der Waals surface area (Å²) in [5, 5.41) is 0. The fourth-order valence-corrected chi connectivity index (χ4v) is 2.77. The Morgan fingerprint density at radius 2 is 2.17 bits per heavy atom. The van der Waals surface area contributed by atoms with Crippen LogP contribution in [0.15, 0.2) is 22.9 Å². The lowest BCUT2D eigenvalue weighted by Gasteiger charge is -2.24. The van der Waals surface area contributed by atoms with E-state index in [1.807, 2.05) is 32.9 Å². The Bertz CT molecular complexity index is 418. The summed E-state index contributed by atoms with van der Waals surface area (Å²) in [6, 6.07) is 4.06. The van der Waals surface area contributed by atoms with Crippen molar-refractivity contribution in [3.05, 3.63) is 28.5 Å². The normalized spacial score (nSPS) is 15.4. The highest BCUT2D eigenvalue weighted by molar-refractivity contribution is 9.10. The summed E-state index contributed by atoms with van der Waals surface area (Å²) in [5.41, 5.74) is 1.12. The number of rotatable bonds is 5. The van der Waals surface area contributed by atoms with Gasteiger partial charge in [0, 0.05) is 12.2 Å². The minimum Gasteiger partial charge on any atom is -0.249 e. The number of nitrogens with one attached hydrogen (secondary N) is 1. The van der Waals surface area contributed by atoms with Gasteiger partial charge in [0.25, 0.3) is 0 Å². The average Bonchev–Trinajstić information content (AvgIpc) is 2.27. The second-order valence-electron chi connectivity index (χ2n) is 5.25. The lowest BCUT2D eigenvalue weighted by atomic mass is 10.1. The van der Waals surface area contributed by atoms with Gasteiger partial charge in [-0.1, -0.05) is 13.3 Å². The zero-order valence-electron chi connectivity index (χ0n) is 11.4. The molecule has 1 rings (SSSR count). The monoisotopic (exact) mass is 332 g/mol. The number of nitrogens with zero attached hydrogens (tertiary/aromatic N) is 1. The molecule has 0 radical (unpaired) electrons. The third-order valence-corrected chi connectivity index (χ3v) is 4.58. The Labute approximate surface area is 120 Å². The molecule has 3 nitrogen and oxygen atoms in total. The van der Waals surface area contributed by atoms with Crippen LogP contribution in [0.3, 0.4) is 0 Å². The van der Waals surface area contributed by atoms with E-state index in [9.17, 15) is 4.21 Å². The first kappa shape index (κ1) is 15.8. The van der Waals surface area contributed by atoms with Crippen molar-refractivity contribution < 1.29 is 4.21 Å². The zero-order chi connectivity index (χ0) is 13.8. The predicted octanol–water partition coefficient (Wildman–Crippen LogP) is 3.74. The molecular weight excluding hydrogens is 312 g/mol. The molecule has 0 unspecified atom stereocenters. The smallest absolute Gasteiger partial charge is 0.106 e. The minimum atomic E-state index is -1.06. The Morgan fingerprint density at radius 3 is 2.67 bits per heavy atom. The van der Waals surface area contributed by atoms with Crippen LogP contribution >= 0.6 is 15.9 Å². The van der Waals surface area contributed by atoms with Gasteiger partial charge in [0.1, 0.15) is 4.60 Å². The molecule has 1 heterocycles. The van der Waals surface area contributed by atoms with Crippen molar-refractivity contribution in [1.29, 1.82) is 0 Å². The van der Waals surface area contributed by atoms with Crippen LogP contribution in [0, 0.1) is 0 Å². The predicted molar refractivity (Wildman–Crippen MR) is 80.6 cm³/mol. The van der Waals surface area contributed by atoms with Crippen molar-refractivity contribution in [3.8, 4) is 0 Å². The largest absolute Gasteiger partial charge is 0.249 e. The molecule has 2 atom stereocenters. The second-order valence-corrected chi connectivity index (χ2v) is 8.06. The van der Waals surface area contributed by atoms with E-state index in [0.717, 1.165) is 23.0 Å². The highest BCUT2D eigenvalue weighted by Crippen LogP contribution is 2.23. The van der Waals surface area contributed by atoms with Gasteiger partial charge in [-0.05, 0) is 60.8 Å². The fraction of sp³-hybridized carbons (Fsp3) is 0.615. The van der Waals surface area contributed by atoms with Crippen molar-refractivity contribution in [2.75, 3.05) is 0 Å². The summed E-state index contributed by atoms with van der Waals surface area (Å²) >= 11 is 3.37. The quantitative estimate of drug-likeness (QED) is 0.834. The van der Waals surface area contributed by atoms with E-state index >= 15 is 0 Å². The van der Waals surface area contributed by atoms with Crippen LogP contribution in [-0.2, 0) is 11.0 Å². The molecule has 0 spiro atoms. The van der Waals surface area contributed by atoms with Crippen LogP contribution in [0.1, 0.15) is 52.1 Å². The summed E-state index contributed by atoms with van der Waals surface area (Å²) < 4.78 is 16.0. The molecule has 5 heteroatoms. The zero-order valence-corrected chi connectivity index (χ0v) is 13.8. The lowest BCUT2D eigenvalue weighted by Crippen LogP contribution is -2.35. The van der Waals surface area contributed by atoms with Gasteiger partial charge in [0.2, 0.25) is 0 Å². The first-order chi connectivity index (χ1) is 8.34. The van der Waals surface area contributed by atoms with Gasteiger partial charge in [-0.15, -0.1) is 0 Å². The Morgan fingerprint density at radius 1 is 1.50 bits per heavy atom. The van der Waals surface area contributed by atoms with Gasteiger partial charge in [0.15, 0.2) is 0 Å². The van der Waals surface area contributed by atoms with Crippen molar-refractivity contribution in [1.82, 2.24) is 9.71 Å². The third-order valence-electron chi connectivity index (χ3n) is 2.54. The van der Waals surface area contributed by atoms with Gasteiger partial charge in [0.05, 0.1) is 15.7 Å². The molecule has 0 amide bonds. The van der Waals surface area contributed by atoms with Gasteiger partial charge >= 0.3 is 0 Å². The number of hydrogen-bond acceptors (Lipinski definition) is 2. The highest BCUT2D eigenvalue weighted by atomic mass is 79.9. The Kier molecular flexibility index (Phi) is 5.95. The van der Waals surface area contributed by atoms with Crippen LogP contribution < -0.4 is 4.72 Å². The lowest BCUT2D eigenvalue weighted by molar-refractivity contribution is 0.564. The molecule has 0 bridgehead atoms. The van der Waals surface area contributed by atoms with E-state index in [1.54, 1.807) is 6.20 Å². The second kappa shape index (κ2) is 6.78. The highest BCUT2D eigenvalue weighted by Gasteiger charge is 2.23. The van der Waals surface area contributed by atoms with Gasteiger partial charge in [-0.2, -0.15) is 0 Å². The number of pyridine rings is 1. The first-order valence-corrected chi connectivity index (χ1v) is 8.08. The summed E-state index contributed by atoms with van der Waals surface area (Å²) in [7, 11) is -1.06. The van der Waals surface area contributed by atoms with Crippen LogP contribution in [0.25, 0.3) is 0 Å². The van der Waals surface area contributed by atoms with Crippen LogP contribution in [0.4, 0.5) is 0 Å². The summed E-state index contributed by atoms with van der Waals surface area (Å²) in [4.78, 5) is 4.12. The van der Waals surface area contributed by atoms with Crippen molar-refractivity contribution >= 4 is 26.9 Å². The molecule has 0 aliphatic heterocycles. The van der Waals surface area contributed by atoms with E-state index < -0.39 is 11.0 Å².